The van der Waals surface area contributed by atoms with Crippen LogP contribution >= 0.6 is 34.7 Å². The molecule has 0 bridgehead atoms. The molecule has 0 saturated carbocycles. The van der Waals surface area contributed by atoms with Crippen molar-refractivity contribution in [2.24, 2.45) is 0 Å². The summed E-state index contributed by atoms with van der Waals surface area (Å²) in [5.41, 5.74) is 0. The van der Waals surface area contributed by atoms with E-state index in [1.54, 1.807) is 23.9 Å². The fourth-order valence-corrected chi connectivity index (χ4v) is 2.73. The van der Waals surface area contributed by atoms with E-state index >= 15 is 0 Å². The fraction of sp³-hybridized carbons (Fsp3) is 0.111. The highest BCUT2D eigenvalue weighted by Crippen LogP contribution is 2.26. The molecular formula is C9H7ClN2OS2. The normalized spacial score (nSPS) is 10.5. The highest BCUT2D eigenvalue weighted by atomic mass is 35.5. The van der Waals surface area contributed by atoms with Crippen molar-refractivity contribution in [2.75, 3.05) is 0 Å². The van der Waals surface area contributed by atoms with Gasteiger partial charge in [-0.25, -0.2) is 0 Å². The van der Waals surface area contributed by atoms with Crippen LogP contribution in [0, 0.1) is 0 Å². The molecule has 0 aliphatic carbocycles. The van der Waals surface area contributed by atoms with Crippen molar-refractivity contribution >= 4 is 34.7 Å². The standard InChI is InChI=1S/C9H7ClN2OS2/c10-9-12-11-8(15-9)5-14-7-3-1-6(13)2-4-7/h1-4,13H,5H2. The molecule has 0 aliphatic rings. The van der Waals surface area contributed by atoms with Gasteiger partial charge in [0.25, 0.3) is 0 Å². The molecule has 0 unspecified atom stereocenters. The monoisotopic (exact) mass is 258 g/mol. The lowest BCUT2D eigenvalue weighted by molar-refractivity contribution is 0.475. The van der Waals surface area contributed by atoms with Gasteiger partial charge in [0.05, 0.1) is 5.75 Å². The van der Waals surface area contributed by atoms with Crippen LogP contribution in [0.2, 0.25) is 4.47 Å². The summed E-state index contributed by atoms with van der Waals surface area (Å²) in [7, 11) is 0. The molecule has 15 heavy (non-hydrogen) atoms. The second-order valence-corrected chi connectivity index (χ2v) is 5.42. The smallest absolute Gasteiger partial charge is 0.207 e. The molecule has 0 radical (unpaired) electrons. The van der Waals surface area contributed by atoms with Crippen LogP contribution in [0.15, 0.2) is 29.2 Å². The number of hydrogen-bond donors (Lipinski definition) is 1. The molecule has 0 atom stereocenters. The number of phenolic OH excluding ortho intramolecular Hbond substituents is 1. The first-order valence-electron chi connectivity index (χ1n) is 4.14. The zero-order valence-corrected chi connectivity index (χ0v) is 9.94. The molecule has 0 fully saturated rings. The van der Waals surface area contributed by atoms with Gasteiger partial charge in [-0.3, -0.25) is 0 Å². The lowest BCUT2D eigenvalue weighted by atomic mass is 10.3. The molecule has 1 aromatic heterocycles. The van der Waals surface area contributed by atoms with Gasteiger partial charge in [-0.1, -0.05) is 11.3 Å². The van der Waals surface area contributed by atoms with E-state index in [0.717, 1.165) is 15.7 Å². The van der Waals surface area contributed by atoms with E-state index in [1.165, 1.54) is 11.3 Å². The SMILES string of the molecule is Oc1ccc(SCc2nnc(Cl)s2)cc1. The molecule has 78 valence electrons. The minimum atomic E-state index is 0.276. The Morgan fingerprint density at radius 3 is 2.60 bits per heavy atom. The number of nitrogens with zero attached hydrogens (tertiary/aromatic N) is 2. The van der Waals surface area contributed by atoms with Crippen molar-refractivity contribution < 1.29 is 5.11 Å². The van der Waals surface area contributed by atoms with Crippen LogP contribution in [-0.4, -0.2) is 15.3 Å². The quantitative estimate of drug-likeness (QED) is 0.859. The average Bonchev–Trinajstić information content (AvgIpc) is 2.64. The average molecular weight is 259 g/mol. The molecule has 1 aromatic carbocycles. The number of aromatic nitrogens is 2. The topological polar surface area (TPSA) is 46.0 Å². The summed E-state index contributed by atoms with van der Waals surface area (Å²) in [5.74, 6) is 1.02. The maximum absolute atomic E-state index is 9.10. The third kappa shape index (κ3) is 3.09. The highest BCUT2D eigenvalue weighted by molar-refractivity contribution is 7.98. The summed E-state index contributed by atoms with van der Waals surface area (Å²) >= 11 is 8.68. The first-order valence-corrected chi connectivity index (χ1v) is 6.32. The minimum absolute atomic E-state index is 0.276. The van der Waals surface area contributed by atoms with Gasteiger partial charge in [-0.05, 0) is 35.9 Å². The predicted molar refractivity (Wildman–Crippen MR) is 62.6 cm³/mol. The van der Waals surface area contributed by atoms with Crippen LogP contribution in [0.25, 0.3) is 0 Å². The Morgan fingerprint density at radius 1 is 1.27 bits per heavy atom. The number of hydrogen-bond acceptors (Lipinski definition) is 5. The summed E-state index contributed by atoms with van der Waals surface area (Å²) in [4.78, 5) is 1.08. The van der Waals surface area contributed by atoms with Gasteiger partial charge in [0, 0.05) is 4.90 Å². The molecule has 3 nitrogen and oxygen atoms in total. The molecule has 1 N–H and O–H groups in total. The fourth-order valence-electron chi connectivity index (χ4n) is 0.979. The molecule has 0 saturated heterocycles. The van der Waals surface area contributed by atoms with E-state index in [0.29, 0.717) is 4.47 Å². The Hall–Kier alpha value is -0.780. The Kier molecular flexibility index (Phi) is 3.45. The molecule has 2 aromatic rings. The van der Waals surface area contributed by atoms with Crippen molar-refractivity contribution in [3.8, 4) is 5.75 Å². The number of aromatic hydroxyl groups is 1. The lowest BCUT2D eigenvalue weighted by Crippen LogP contribution is -1.78. The molecule has 1 heterocycles. The van der Waals surface area contributed by atoms with Crippen molar-refractivity contribution in [3.63, 3.8) is 0 Å². The van der Waals surface area contributed by atoms with Gasteiger partial charge in [-0.15, -0.1) is 22.0 Å². The third-order valence-corrected chi connectivity index (χ3v) is 3.87. The third-order valence-electron chi connectivity index (χ3n) is 1.64. The Bertz CT molecular complexity index is 444. The molecule has 6 heteroatoms. The van der Waals surface area contributed by atoms with Crippen LogP contribution < -0.4 is 0 Å². The molecular weight excluding hydrogens is 252 g/mol. The van der Waals surface area contributed by atoms with E-state index in [-0.39, 0.29) is 5.75 Å². The van der Waals surface area contributed by atoms with Crippen LogP contribution in [0.4, 0.5) is 0 Å². The zero-order valence-electron chi connectivity index (χ0n) is 7.55. The summed E-state index contributed by atoms with van der Waals surface area (Å²) < 4.78 is 0.469. The summed E-state index contributed by atoms with van der Waals surface area (Å²) in [6.45, 7) is 0. The first-order chi connectivity index (χ1) is 7.24. The highest BCUT2D eigenvalue weighted by Gasteiger charge is 2.02. The van der Waals surface area contributed by atoms with E-state index in [2.05, 4.69) is 10.2 Å². The first kappa shape index (κ1) is 10.7. The van der Waals surface area contributed by atoms with E-state index in [4.69, 9.17) is 16.7 Å². The van der Waals surface area contributed by atoms with E-state index in [1.807, 2.05) is 12.1 Å². The van der Waals surface area contributed by atoms with Gasteiger partial charge in [-0.2, -0.15) is 0 Å². The van der Waals surface area contributed by atoms with E-state index in [9.17, 15) is 0 Å². The molecule has 0 spiro atoms. The van der Waals surface area contributed by atoms with Crippen molar-refractivity contribution in [2.45, 2.75) is 10.6 Å². The van der Waals surface area contributed by atoms with Gasteiger partial charge in [0.15, 0.2) is 0 Å². The second-order valence-electron chi connectivity index (χ2n) is 2.73. The van der Waals surface area contributed by atoms with Crippen LogP contribution in [0.1, 0.15) is 5.01 Å². The Balaban J connectivity index is 1.96. The number of benzene rings is 1. The molecule has 0 amide bonds. The van der Waals surface area contributed by atoms with Gasteiger partial charge in [0.1, 0.15) is 10.8 Å². The van der Waals surface area contributed by atoms with Crippen molar-refractivity contribution in [1.29, 1.82) is 0 Å². The van der Waals surface area contributed by atoms with Gasteiger partial charge < -0.3 is 5.11 Å². The van der Waals surface area contributed by atoms with Crippen LogP contribution in [0.3, 0.4) is 0 Å². The largest absolute Gasteiger partial charge is 0.508 e. The van der Waals surface area contributed by atoms with Gasteiger partial charge in [0.2, 0.25) is 4.47 Å². The number of rotatable bonds is 3. The predicted octanol–water partition coefficient (Wildman–Crippen LogP) is 3.19. The van der Waals surface area contributed by atoms with Crippen LogP contribution in [0.5, 0.6) is 5.75 Å². The van der Waals surface area contributed by atoms with Crippen LogP contribution in [-0.2, 0) is 5.75 Å². The maximum Gasteiger partial charge on any atom is 0.207 e. The van der Waals surface area contributed by atoms with Gasteiger partial charge >= 0.3 is 0 Å². The molecule has 0 aliphatic heterocycles. The maximum atomic E-state index is 9.10. The summed E-state index contributed by atoms with van der Waals surface area (Å²) in [6, 6.07) is 7.05. The number of thioether (sulfide) groups is 1. The molecule has 2 rings (SSSR count). The summed E-state index contributed by atoms with van der Waals surface area (Å²) in [5, 5.41) is 17.6. The van der Waals surface area contributed by atoms with Crippen molar-refractivity contribution in [1.82, 2.24) is 10.2 Å². The number of halogens is 1. The lowest BCUT2D eigenvalue weighted by Gasteiger charge is -1.98. The number of phenols is 1. The second kappa shape index (κ2) is 4.83. The minimum Gasteiger partial charge on any atom is -0.508 e. The Morgan fingerprint density at radius 2 is 2.00 bits per heavy atom. The van der Waals surface area contributed by atoms with E-state index < -0.39 is 0 Å². The summed E-state index contributed by atoms with van der Waals surface area (Å²) in [6.07, 6.45) is 0. The Labute approximate surface area is 100 Å². The van der Waals surface area contributed by atoms with Crippen molar-refractivity contribution in [3.05, 3.63) is 33.7 Å². The zero-order chi connectivity index (χ0) is 10.7.